The molecule has 17 heteroatoms. The molecule has 0 saturated carbocycles. The predicted octanol–water partition coefficient (Wildman–Crippen LogP) is 6.61. The minimum absolute atomic E-state index is 0.0125. The van der Waals surface area contributed by atoms with E-state index >= 15 is 4.79 Å². The minimum Gasteiger partial charge on any atom is -0.369 e. The monoisotopic (exact) mass is 850 g/mol. The van der Waals surface area contributed by atoms with E-state index in [-0.39, 0.29) is 28.7 Å². The second-order valence-corrected chi connectivity index (χ2v) is 18.9. The maximum atomic E-state index is 15.2. The highest BCUT2D eigenvalue weighted by Crippen LogP contribution is 2.35. The number of halogens is 6. The van der Waals surface area contributed by atoms with E-state index in [9.17, 15) is 43.2 Å². The van der Waals surface area contributed by atoms with E-state index < -0.39 is 55.0 Å². The van der Waals surface area contributed by atoms with Crippen LogP contribution in [0.3, 0.4) is 0 Å². The van der Waals surface area contributed by atoms with Crippen LogP contribution >= 0.6 is 0 Å². The summed E-state index contributed by atoms with van der Waals surface area (Å²) >= 11 is 0. The molecule has 0 aliphatic carbocycles. The molecule has 0 radical (unpaired) electrons. The first-order valence-corrected chi connectivity index (χ1v) is 22.4. The number of carbonyl (C=O) groups is 1. The number of ketones is 1. The fourth-order valence-electron chi connectivity index (χ4n) is 7.54. The maximum Gasteiger partial charge on any atom is 0.416 e. The Morgan fingerprint density at radius 3 is 1.21 bits per heavy atom. The van der Waals surface area contributed by atoms with Crippen molar-refractivity contribution in [3.63, 3.8) is 0 Å². The van der Waals surface area contributed by atoms with Crippen LogP contribution in [0.4, 0.5) is 37.7 Å². The van der Waals surface area contributed by atoms with Gasteiger partial charge in [-0.3, -0.25) is 14.6 Å². The predicted molar refractivity (Wildman–Crippen MR) is 210 cm³/mol. The Morgan fingerprint density at radius 2 is 0.879 bits per heavy atom. The molecule has 2 aliphatic heterocycles. The van der Waals surface area contributed by atoms with Gasteiger partial charge in [-0.15, -0.1) is 0 Å². The number of anilines is 2. The summed E-state index contributed by atoms with van der Waals surface area (Å²) < 4.78 is 132. The average Bonchev–Trinajstić information content (AvgIpc) is 3.18. The van der Waals surface area contributed by atoms with Crippen LogP contribution in [0.1, 0.15) is 34.1 Å². The van der Waals surface area contributed by atoms with Crippen molar-refractivity contribution in [1.82, 2.24) is 9.80 Å². The summed E-state index contributed by atoms with van der Waals surface area (Å²) in [5.74, 6) is -2.10. The molecule has 0 amide bonds. The van der Waals surface area contributed by atoms with E-state index in [1.54, 1.807) is 36.4 Å². The number of piperazine rings is 2. The van der Waals surface area contributed by atoms with Crippen molar-refractivity contribution in [3.05, 3.63) is 119 Å². The first kappa shape index (κ1) is 43.1. The van der Waals surface area contributed by atoms with Crippen LogP contribution in [0, 0.1) is 0 Å². The number of sulfone groups is 2. The molecule has 2 unspecified atom stereocenters. The van der Waals surface area contributed by atoms with Crippen molar-refractivity contribution in [3.8, 4) is 0 Å². The lowest BCUT2D eigenvalue weighted by atomic mass is 9.82. The Kier molecular flexibility index (Phi) is 12.7. The summed E-state index contributed by atoms with van der Waals surface area (Å²) in [4.78, 5) is 22.9. The molecule has 6 rings (SSSR count). The molecule has 2 fully saturated rings. The molecule has 0 spiro atoms. The van der Waals surface area contributed by atoms with Crippen molar-refractivity contribution < 1.29 is 48.0 Å². The lowest BCUT2D eigenvalue weighted by molar-refractivity contribution is -0.138. The first-order chi connectivity index (χ1) is 27.2. The van der Waals surface area contributed by atoms with Crippen LogP contribution in [0.2, 0.25) is 0 Å². The molecule has 0 bridgehead atoms. The molecule has 58 heavy (non-hydrogen) atoms. The highest BCUT2D eigenvalue weighted by Gasteiger charge is 2.36. The fraction of sp³-hybridized carbons (Fsp3) is 0.390. The average molecular weight is 851 g/mol. The summed E-state index contributed by atoms with van der Waals surface area (Å²) in [6.45, 7) is 3.29. The third kappa shape index (κ3) is 10.6. The van der Waals surface area contributed by atoms with E-state index in [4.69, 9.17) is 0 Å². The van der Waals surface area contributed by atoms with Crippen molar-refractivity contribution >= 4 is 36.8 Å². The molecule has 0 N–H and O–H groups in total. The van der Waals surface area contributed by atoms with Gasteiger partial charge in [0.2, 0.25) is 0 Å². The molecule has 312 valence electrons. The van der Waals surface area contributed by atoms with Gasteiger partial charge >= 0.3 is 12.4 Å². The minimum atomic E-state index is -4.50. The molecule has 9 nitrogen and oxygen atoms in total. The van der Waals surface area contributed by atoms with Crippen LogP contribution in [0.5, 0.6) is 0 Å². The van der Waals surface area contributed by atoms with Crippen LogP contribution in [-0.4, -0.2) is 110 Å². The number of rotatable bonds is 12. The quantitative estimate of drug-likeness (QED) is 0.146. The van der Waals surface area contributed by atoms with Gasteiger partial charge in [-0.25, -0.2) is 16.8 Å². The Morgan fingerprint density at radius 1 is 0.534 bits per heavy atom. The van der Waals surface area contributed by atoms with E-state index in [2.05, 4.69) is 0 Å². The van der Waals surface area contributed by atoms with Crippen molar-refractivity contribution in [2.75, 3.05) is 87.8 Å². The Labute approximate surface area is 334 Å². The van der Waals surface area contributed by atoms with Gasteiger partial charge in [-0.05, 0) is 71.8 Å². The maximum absolute atomic E-state index is 15.2. The fourth-order valence-corrected chi connectivity index (χ4v) is 8.89. The van der Waals surface area contributed by atoms with Gasteiger partial charge in [0.15, 0.2) is 19.7 Å². The zero-order valence-electron chi connectivity index (χ0n) is 31.9. The molecular formula is C41H44F6N4O5S2. The number of benzene rings is 4. The van der Waals surface area contributed by atoms with E-state index in [1.165, 1.54) is 36.4 Å². The molecular weight excluding hydrogens is 807 g/mol. The van der Waals surface area contributed by atoms with Crippen molar-refractivity contribution in [1.29, 1.82) is 0 Å². The summed E-state index contributed by atoms with van der Waals surface area (Å²) in [5.41, 5.74) is 0.196. The largest absolute Gasteiger partial charge is 0.416 e. The Bertz CT molecular complexity index is 2160. The summed E-state index contributed by atoms with van der Waals surface area (Å²) in [6, 6.07) is 22.5. The highest BCUT2D eigenvalue weighted by atomic mass is 32.2. The molecule has 2 aliphatic rings. The summed E-state index contributed by atoms with van der Waals surface area (Å²) in [5, 5.41) is 0. The van der Waals surface area contributed by atoms with Crippen LogP contribution in [-0.2, 0) is 36.8 Å². The molecule has 2 saturated heterocycles. The first-order valence-electron chi connectivity index (χ1n) is 18.6. The number of alkyl halides is 6. The van der Waals surface area contributed by atoms with E-state index in [0.29, 0.717) is 74.9 Å². The van der Waals surface area contributed by atoms with E-state index in [0.717, 1.165) is 36.8 Å². The zero-order valence-corrected chi connectivity index (χ0v) is 33.5. The Hall–Kier alpha value is -4.45. The standard InChI is InChI=1S/C41H44F6N4O5S2/c1-57(53,54)35-13-3-7-29(23-35)37(27-48-15-19-50(20-16-48)33-11-5-9-31(25-33)40(42,43)44)39(52)38(30-8-4-14-36(24-30)58(2,55)56)28-49-17-21-51(22-18-49)34-12-6-10-32(26-34)41(45,46)47/h3-14,23-26,37-38H,15-22,27-28H2,1-2H3. The third-order valence-electron chi connectivity index (χ3n) is 10.8. The number of nitrogens with zero attached hydrogens (tertiary/aromatic N) is 4. The van der Waals surface area contributed by atoms with Crippen LogP contribution < -0.4 is 9.80 Å². The topological polar surface area (TPSA) is 98.3 Å². The number of Topliss-reactive ketones (excluding diaryl/α,β-unsaturated/α-hetero) is 1. The smallest absolute Gasteiger partial charge is 0.369 e. The summed E-state index contributed by atoms with van der Waals surface area (Å²) in [7, 11) is -7.36. The van der Waals surface area contributed by atoms with Crippen molar-refractivity contribution in [2.24, 2.45) is 0 Å². The third-order valence-corrected chi connectivity index (χ3v) is 13.0. The molecule has 4 aromatic carbocycles. The van der Waals surface area contributed by atoms with Gasteiger partial charge in [-0.2, -0.15) is 26.3 Å². The second kappa shape index (κ2) is 17.0. The van der Waals surface area contributed by atoms with Crippen LogP contribution in [0.15, 0.2) is 107 Å². The molecule has 2 heterocycles. The van der Waals surface area contributed by atoms with Gasteiger partial charge in [0.1, 0.15) is 5.78 Å². The number of carbonyl (C=O) groups excluding carboxylic acids is 1. The van der Waals surface area contributed by atoms with Gasteiger partial charge in [0.25, 0.3) is 0 Å². The van der Waals surface area contributed by atoms with Gasteiger partial charge in [0, 0.05) is 89.3 Å². The van der Waals surface area contributed by atoms with E-state index in [1.807, 2.05) is 19.6 Å². The normalized spacial score (nSPS) is 17.6. The second-order valence-electron chi connectivity index (χ2n) is 14.9. The lowest BCUT2D eigenvalue weighted by Gasteiger charge is -2.39. The lowest BCUT2D eigenvalue weighted by Crippen LogP contribution is -2.50. The molecule has 2 atom stereocenters. The van der Waals surface area contributed by atoms with Gasteiger partial charge in [-0.1, -0.05) is 36.4 Å². The van der Waals surface area contributed by atoms with Crippen molar-refractivity contribution in [2.45, 2.75) is 34.0 Å². The zero-order chi connectivity index (χ0) is 42.0. The number of hydrogen-bond donors (Lipinski definition) is 0. The van der Waals surface area contributed by atoms with Gasteiger partial charge < -0.3 is 9.80 Å². The molecule has 4 aromatic rings. The highest BCUT2D eigenvalue weighted by molar-refractivity contribution is 7.91. The van der Waals surface area contributed by atoms with Gasteiger partial charge in [0.05, 0.1) is 32.8 Å². The van der Waals surface area contributed by atoms with Crippen LogP contribution in [0.25, 0.3) is 0 Å². The Balaban J connectivity index is 1.29. The summed E-state index contributed by atoms with van der Waals surface area (Å²) in [6.07, 6.45) is -6.87. The SMILES string of the molecule is CS(=O)(=O)c1cccc(C(CN2CCN(c3cccc(C(F)(F)F)c3)CC2)C(=O)C(CN2CCN(c3cccc(C(F)(F)F)c3)CC2)c2cccc(S(C)(=O)=O)c2)c1. The number of hydrogen-bond acceptors (Lipinski definition) is 9. The molecule has 0 aromatic heterocycles.